The molecular weight excluding hydrogens is 435 g/mol. The zero-order valence-corrected chi connectivity index (χ0v) is 23.5. The van der Waals surface area contributed by atoms with Crippen LogP contribution in [-0.4, -0.2) is 0 Å². The molecule has 3 aromatic rings. The normalized spacial score (nSPS) is 18.3. The molecule has 0 spiro atoms. The van der Waals surface area contributed by atoms with Crippen LogP contribution in [-0.2, 0) is 20.7 Å². The number of hydrogen-bond donors (Lipinski definition) is 0. The van der Waals surface area contributed by atoms with Crippen molar-refractivity contribution in [1.29, 1.82) is 0 Å². The zero-order chi connectivity index (χ0) is 24.2. The molecule has 1 saturated heterocycles. The first-order valence-electron chi connectivity index (χ1n) is 12.1. The Morgan fingerprint density at radius 3 is 1.30 bits per heavy atom. The Morgan fingerprint density at radius 2 is 0.970 bits per heavy atom. The maximum absolute atomic E-state index is 2.53. The highest BCUT2D eigenvalue weighted by Gasteiger charge is 2.60. The number of benzene rings is 3. The molecule has 0 N–H and O–H groups in total. The molecule has 3 aromatic carbocycles. The molecule has 2 heteroatoms. The van der Waals surface area contributed by atoms with Gasteiger partial charge in [0.25, 0.3) is 0 Å². The summed E-state index contributed by atoms with van der Waals surface area (Å²) in [5.41, 5.74) is 7.69. The second-order valence-corrected chi connectivity index (χ2v) is 16.9. The van der Waals surface area contributed by atoms with Crippen LogP contribution in [0.3, 0.4) is 0 Å². The number of hydrogen-bond acceptors (Lipinski definition) is 1. The minimum atomic E-state index is -0.448. The van der Waals surface area contributed by atoms with E-state index >= 15 is 0 Å². The maximum atomic E-state index is 2.53. The Bertz CT molecular complexity index is 1050. The average Bonchev–Trinajstić information content (AvgIpc) is 3.49. The summed E-state index contributed by atoms with van der Waals surface area (Å²) in [6.45, 7) is 21.4. The van der Waals surface area contributed by atoms with Crippen LogP contribution in [0.1, 0.15) is 90.1 Å². The van der Waals surface area contributed by atoms with Crippen LogP contribution < -0.4 is 5.30 Å². The van der Waals surface area contributed by atoms with E-state index in [0.717, 1.165) is 0 Å². The molecule has 33 heavy (non-hydrogen) atoms. The van der Waals surface area contributed by atoms with E-state index < -0.39 is 7.12 Å². The minimum Gasteiger partial charge on any atom is -0.105 e. The molecule has 0 aliphatic carbocycles. The number of rotatable bonds is 3. The van der Waals surface area contributed by atoms with Gasteiger partial charge in [-0.05, 0) is 49.4 Å². The molecular formula is C31H39PS. The Kier molecular flexibility index (Phi) is 6.16. The highest BCUT2D eigenvalue weighted by molar-refractivity contribution is 8.74. The van der Waals surface area contributed by atoms with Crippen LogP contribution in [0.5, 0.6) is 0 Å². The maximum Gasteiger partial charge on any atom is 0.103 e. The Labute approximate surface area is 207 Å². The largest absolute Gasteiger partial charge is 0.105 e. The second kappa shape index (κ2) is 8.28. The highest BCUT2D eigenvalue weighted by Crippen LogP contribution is 2.92. The van der Waals surface area contributed by atoms with E-state index in [4.69, 9.17) is 0 Å². The van der Waals surface area contributed by atoms with Crippen LogP contribution >= 0.6 is 18.5 Å². The molecule has 174 valence electrons. The third-order valence-electron chi connectivity index (χ3n) is 6.60. The second-order valence-electron chi connectivity index (χ2n) is 12.4. The van der Waals surface area contributed by atoms with Gasteiger partial charge in [-0.15, -0.1) is 11.4 Å². The summed E-state index contributed by atoms with van der Waals surface area (Å²) in [4.78, 5) is 0. The molecule has 0 saturated carbocycles. The molecule has 4 rings (SSSR count). The molecule has 1 atom stereocenters. The molecule has 0 amide bonds. The summed E-state index contributed by atoms with van der Waals surface area (Å²) >= 11 is 2.18. The molecule has 1 fully saturated rings. The van der Waals surface area contributed by atoms with Gasteiger partial charge in [0, 0.05) is 7.12 Å². The van der Waals surface area contributed by atoms with E-state index in [2.05, 4.69) is 146 Å². The highest BCUT2D eigenvalue weighted by atomic mass is 32.8. The molecule has 1 aliphatic rings. The van der Waals surface area contributed by atoms with Crippen LogP contribution in [0.15, 0.2) is 72.8 Å². The van der Waals surface area contributed by atoms with Crippen molar-refractivity contribution in [3.05, 3.63) is 101 Å². The first kappa shape index (κ1) is 24.6. The lowest BCUT2D eigenvalue weighted by atomic mass is 9.75. The Morgan fingerprint density at radius 1 is 0.576 bits per heavy atom. The van der Waals surface area contributed by atoms with Crippen molar-refractivity contribution >= 4 is 23.8 Å². The summed E-state index contributed by atoms with van der Waals surface area (Å²) in [5.74, 6) is 0. The van der Waals surface area contributed by atoms with Crippen LogP contribution in [0.2, 0.25) is 0 Å². The standard InChI is InChI=1S/C31H39PS/c1-28(2,3)24-20-25(29(4,5)6)27(26(21-24)30(7,8)9)32-31(33-32,22-16-12-10-13-17-22)23-18-14-11-15-19-23/h10-21H,1-9H3. The van der Waals surface area contributed by atoms with Crippen molar-refractivity contribution in [3.63, 3.8) is 0 Å². The SMILES string of the molecule is CC(C)(C)c1cc(C(C)(C)C)c(P2SC2(c2ccccc2)c2ccccc2)c(C(C)(C)C)c1. The molecule has 1 aliphatic heterocycles. The van der Waals surface area contributed by atoms with Gasteiger partial charge in [-0.3, -0.25) is 0 Å². The first-order chi connectivity index (χ1) is 15.3. The summed E-state index contributed by atoms with van der Waals surface area (Å²) in [7, 11) is -0.448. The van der Waals surface area contributed by atoms with Gasteiger partial charge in [0.15, 0.2) is 0 Å². The fourth-order valence-corrected chi connectivity index (χ4v) is 11.1. The fourth-order valence-electron chi connectivity index (χ4n) is 4.58. The predicted molar refractivity (Wildman–Crippen MR) is 150 cm³/mol. The van der Waals surface area contributed by atoms with Crippen molar-refractivity contribution in [1.82, 2.24) is 0 Å². The van der Waals surface area contributed by atoms with Crippen LogP contribution in [0.4, 0.5) is 0 Å². The van der Waals surface area contributed by atoms with E-state index in [1.165, 1.54) is 27.8 Å². The van der Waals surface area contributed by atoms with E-state index in [1.54, 1.807) is 5.30 Å². The van der Waals surface area contributed by atoms with Crippen molar-refractivity contribution in [2.45, 2.75) is 83.0 Å². The van der Waals surface area contributed by atoms with E-state index in [9.17, 15) is 0 Å². The third kappa shape index (κ3) is 4.56. The molecule has 0 nitrogen and oxygen atoms in total. The fraction of sp³-hybridized carbons (Fsp3) is 0.419. The van der Waals surface area contributed by atoms with E-state index in [-0.39, 0.29) is 20.7 Å². The van der Waals surface area contributed by atoms with Gasteiger partial charge in [-0.2, -0.15) is 0 Å². The quantitative estimate of drug-likeness (QED) is 0.269. The van der Waals surface area contributed by atoms with Crippen molar-refractivity contribution < 1.29 is 0 Å². The zero-order valence-electron chi connectivity index (χ0n) is 21.8. The third-order valence-corrected chi connectivity index (χ3v) is 12.2. The summed E-state index contributed by atoms with van der Waals surface area (Å²) in [6, 6.07) is 27.5. The van der Waals surface area contributed by atoms with Crippen molar-refractivity contribution in [2.24, 2.45) is 0 Å². The minimum absolute atomic E-state index is 0.0289. The molecule has 1 heterocycles. The summed E-state index contributed by atoms with van der Waals surface area (Å²) < 4.78 is 0.0289. The van der Waals surface area contributed by atoms with Crippen molar-refractivity contribution in [3.8, 4) is 0 Å². The molecule has 0 aromatic heterocycles. The van der Waals surface area contributed by atoms with E-state index in [1.807, 2.05) is 0 Å². The average molecular weight is 475 g/mol. The lowest BCUT2D eigenvalue weighted by Crippen LogP contribution is -2.31. The Hall–Kier alpha value is -1.56. The van der Waals surface area contributed by atoms with Gasteiger partial charge in [0.05, 0.1) is 0 Å². The van der Waals surface area contributed by atoms with Gasteiger partial charge in [0.1, 0.15) is 4.49 Å². The summed E-state index contributed by atoms with van der Waals surface area (Å²) in [6.07, 6.45) is 0. The summed E-state index contributed by atoms with van der Waals surface area (Å²) in [5, 5.41) is 1.62. The van der Waals surface area contributed by atoms with Crippen LogP contribution in [0, 0.1) is 0 Å². The topological polar surface area (TPSA) is 0 Å². The monoisotopic (exact) mass is 474 g/mol. The van der Waals surface area contributed by atoms with Gasteiger partial charge in [-0.1, -0.05) is 135 Å². The van der Waals surface area contributed by atoms with Crippen LogP contribution in [0.25, 0.3) is 0 Å². The van der Waals surface area contributed by atoms with E-state index in [0.29, 0.717) is 0 Å². The smallest absolute Gasteiger partial charge is 0.103 e. The van der Waals surface area contributed by atoms with Gasteiger partial charge in [0.2, 0.25) is 0 Å². The van der Waals surface area contributed by atoms with Gasteiger partial charge < -0.3 is 0 Å². The first-order valence-corrected chi connectivity index (χ1v) is 14.8. The van der Waals surface area contributed by atoms with Gasteiger partial charge in [-0.25, -0.2) is 0 Å². The molecule has 1 unspecified atom stereocenters. The lowest BCUT2D eigenvalue weighted by molar-refractivity contribution is 0.553. The van der Waals surface area contributed by atoms with Crippen molar-refractivity contribution in [2.75, 3.05) is 0 Å². The lowest BCUT2D eigenvalue weighted by Gasteiger charge is -2.34. The Balaban J connectivity index is 2.02. The molecule has 0 bridgehead atoms. The van der Waals surface area contributed by atoms with Gasteiger partial charge >= 0.3 is 0 Å². The molecule has 0 radical (unpaired) electrons. The predicted octanol–water partition coefficient (Wildman–Crippen LogP) is 9.25.